The van der Waals surface area contributed by atoms with Gasteiger partial charge in [0.1, 0.15) is 0 Å². The number of ether oxygens (including phenoxy) is 1. The van der Waals surface area contributed by atoms with E-state index in [1.54, 1.807) is 7.11 Å². The number of carbonyl (C=O) groups excluding carboxylic acids is 1. The molecule has 0 aromatic rings. The molecule has 1 aliphatic carbocycles. The van der Waals surface area contributed by atoms with Crippen LogP contribution in [0, 0.1) is 5.92 Å². The van der Waals surface area contributed by atoms with E-state index in [4.69, 9.17) is 4.74 Å². The van der Waals surface area contributed by atoms with Gasteiger partial charge in [0.25, 0.3) is 0 Å². The summed E-state index contributed by atoms with van der Waals surface area (Å²) in [6, 6.07) is 0. The Morgan fingerprint density at radius 2 is 2.00 bits per heavy atom. The lowest BCUT2D eigenvalue weighted by Gasteiger charge is -2.36. The molecule has 4 nitrogen and oxygen atoms in total. The first-order valence-electron chi connectivity index (χ1n) is 7.34. The topological polar surface area (TPSA) is 58.6 Å². The van der Waals surface area contributed by atoms with Crippen molar-refractivity contribution in [1.82, 2.24) is 5.32 Å². The zero-order valence-corrected chi connectivity index (χ0v) is 12.8. The third kappa shape index (κ3) is 5.49. The van der Waals surface area contributed by atoms with E-state index in [1.165, 1.54) is 6.42 Å². The molecule has 0 atom stereocenters. The van der Waals surface area contributed by atoms with Gasteiger partial charge in [0, 0.05) is 13.7 Å². The third-order valence-electron chi connectivity index (χ3n) is 4.37. The maximum absolute atomic E-state index is 11.8. The molecule has 112 valence electrons. The van der Waals surface area contributed by atoms with E-state index in [-0.39, 0.29) is 5.91 Å². The van der Waals surface area contributed by atoms with E-state index in [9.17, 15) is 9.90 Å². The summed E-state index contributed by atoms with van der Waals surface area (Å²) >= 11 is 0. The fourth-order valence-corrected chi connectivity index (χ4v) is 2.58. The minimum absolute atomic E-state index is 0.0575. The molecule has 1 saturated carbocycles. The predicted octanol–water partition coefficient (Wildman–Crippen LogP) is 2.25. The van der Waals surface area contributed by atoms with Gasteiger partial charge < -0.3 is 15.2 Å². The Kier molecular flexibility index (Phi) is 5.81. The first-order valence-corrected chi connectivity index (χ1v) is 7.34. The molecule has 0 aromatic heterocycles. The monoisotopic (exact) mass is 271 g/mol. The van der Waals surface area contributed by atoms with Crippen molar-refractivity contribution >= 4 is 5.91 Å². The molecule has 0 bridgehead atoms. The highest BCUT2D eigenvalue weighted by Crippen LogP contribution is 2.33. The summed E-state index contributed by atoms with van der Waals surface area (Å²) < 4.78 is 5.23. The van der Waals surface area contributed by atoms with Gasteiger partial charge in [0.2, 0.25) is 5.91 Å². The Labute approximate surface area is 116 Å². The summed E-state index contributed by atoms with van der Waals surface area (Å²) in [5.74, 6) is 0.682. The van der Waals surface area contributed by atoms with E-state index >= 15 is 0 Å². The van der Waals surface area contributed by atoms with Crippen LogP contribution >= 0.6 is 0 Å². The maximum Gasteiger partial charge on any atom is 0.222 e. The van der Waals surface area contributed by atoms with E-state index in [2.05, 4.69) is 12.2 Å². The van der Waals surface area contributed by atoms with Crippen molar-refractivity contribution < 1.29 is 14.6 Å². The average Bonchev–Trinajstić information content (AvgIpc) is 2.37. The zero-order chi connectivity index (χ0) is 14.5. The largest absolute Gasteiger partial charge is 0.388 e. The molecule has 4 heteroatoms. The van der Waals surface area contributed by atoms with Crippen LogP contribution < -0.4 is 5.32 Å². The molecule has 2 N–H and O–H groups in total. The summed E-state index contributed by atoms with van der Waals surface area (Å²) in [6.07, 6.45) is 5.21. The van der Waals surface area contributed by atoms with Crippen molar-refractivity contribution in [2.24, 2.45) is 5.92 Å². The maximum atomic E-state index is 11.8. The molecule has 0 aromatic carbocycles. The van der Waals surface area contributed by atoms with Crippen LogP contribution in [-0.4, -0.2) is 35.9 Å². The molecule has 1 aliphatic rings. The van der Waals surface area contributed by atoms with Crippen LogP contribution in [0.2, 0.25) is 0 Å². The summed E-state index contributed by atoms with van der Waals surface area (Å²) in [5.41, 5.74) is -1.16. The Morgan fingerprint density at radius 1 is 1.42 bits per heavy atom. The fraction of sp³-hybridized carbons (Fsp3) is 0.933. The lowest BCUT2D eigenvalue weighted by atomic mass is 9.78. The van der Waals surface area contributed by atoms with Crippen molar-refractivity contribution in [2.45, 2.75) is 70.5 Å². The molecule has 1 rings (SSSR count). The Morgan fingerprint density at radius 3 is 2.47 bits per heavy atom. The van der Waals surface area contributed by atoms with Gasteiger partial charge in [-0.3, -0.25) is 4.79 Å². The molecule has 0 unspecified atom stereocenters. The van der Waals surface area contributed by atoms with Gasteiger partial charge in [0.15, 0.2) is 0 Å². The molecule has 0 radical (unpaired) electrons. The van der Waals surface area contributed by atoms with Crippen molar-refractivity contribution in [3.8, 4) is 0 Å². The Balaban J connectivity index is 2.34. The van der Waals surface area contributed by atoms with E-state index in [0.717, 1.165) is 31.6 Å². The minimum atomic E-state index is -0.710. The van der Waals surface area contributed by atoms with Crippen LogP contribution in [0.1, 0.15) is 59.3 Å². The molecule has 0 heterocycles. The van der Waals surface area contributed by atoms with Crippen LogP contribution in [0.3, 0.4) is 0 Å². The lowest BCUT2D eigenvalue weighted by molar-refractivity contribution is -0.127. The first kappa shape index (κ1) is 16.4. The van der Waals surface area contributed by atoms with Crippen LogP contribution in [0.25, 0.3) is 0 Å². The number of rotatable bonds is 6. The van der Waals surface area contributed by atoms with Gasteiger partial charge in [-0.25, -0.2) is 0 Å². The van der Waals surface area contributed by atoms with Crippen LogP contribution in [-0.2, 0) is 9.53 Å². The van der Waals surface area contributed by atoms with Crippen molar-refractivity contribution in [1.29, 1.82) is 0 Å². The number of nitrogens with one attached hydrogen (secondary N) is 1. The van der Waals surface area contributed by atoms with E-state index in [0.29, 0.717) is 13.0 Å². The highest BCUT2D eigenvalue weighted by atomic mass is 16.5. The normalized spacial score (nSPS) is 28.2. The smallest absolute Gasteiger partial charge is 0.222 e. The fourth-order valence-electron chi connectivity index (χ4n) is 2.58. The van der Waals surface area contributed by atoms with Gasteiger partial charge in [-0.05, 0) is 45.4 Å². The standard InChI is InChI=1S/C15H29NO3/c1-5-12-6-8-15(18,9-7-12)11-16-13(17)10-14(2,3)19-4/h12,18H,5-11H2,1-4H3,(H,16,17). The molecule has 19 heavy (non-hydrogen) atoms. The van der Waals surface area contributed by atoms with Crippen molar-refractivity contribution in [3.63, 3.8) is 0 Å². The Hall–Kier alpha value is -0.610. The summed E-state index contributed by atoms with van der Waals surface area (Å²) in [4.78, 5) is 11.8. The second-order valence-electron chi connectivity index (χ2n) is 6.49. The van der Waals surface area contributed by atoms with Crippen LogP contribution in [0.15, 0.2) is 0 Å². The summed E-state index contributed by atoms with van der Waals surface area (Å²) in [5, 5.41) is 13.3. The van der Waals surface area contributed by atoms with Crippen molar-refractivity contribution in [3.05, 3.63) is 0 Å². The van der Waals surface area contributed by atoms with E-state index < -0.39 is 11.2 Å². The Bertz CT molecular complexity index is 294. The number of aliphatic hydroxyl groups is 1. The SMILES string of the molecule is CCC1CCC(O)(CNC(=O)CC(C)(C)OC)CC1. The highest BCUT2D eigenvalue weighted by Gasteiger charge is 2.33. The lowest BCUT2D eigenvalue weighted by Crippen LogP contribution is -2.46. The summed E-state index contributed by atoms with van der Waals surface area (Å²) in [7, 11) is 1.60. The van der Waals surface area contributed by atoms with Gasteiger partial charge >= 0.3 is 0 Å². The highest BCUT2D eigenvalue weighted by molar-refractivity contribution is 5.77. The number of carbonyl (C=O) groups is 1. The van der Waals surface area contributed by atoms with Gasteiger partial charge in [-0.2, -0.15) is 0 Å². The predicted molar refractivity (Wildman–Crippen MR) is 75.9 cm³/mol. The van der Waals surface area contributed by atoms with Gasteiger partial charge in [-0.1, -0.05) is 13.3 Å². The van der Waals surface area contributed by atoms with E-state index in [1.807, 2.05) is 13.8 Å². The molecule has 0 spiro atoms. The molecular formula is C15H29NO3. The van der Waals surface area contributed by atoms with Gasteiger partial charge in [0.05, 0.1) is 17.6 Å². The molecule has 1 fully saturated rings. The quantitative estimate of drug-likeness (QED) is 0.779. The molecule has 0 aliphatic heterocycles. The van der Waals surface area contributed by atoms with Crippen LogP contribution in [0.4, 0.5) is 0 Å². The number of amides is 1. The van der Waals surface area contributed by atoms with Crippen molar-refractivity contribution in [2.75, 3.05) is 13.7 Å². The molecule has 0 saturated heterocycles. The average molecular weight is 271 g/mol. The second kappa shape index (κ2) is 6.71. The van der Waals surface area contributed by atoms with Gasteiger partial charge in [-0.15, -0.1) is 0 Å². The first-order chi connectivity index (χ1) is 8.80. The number of methoxy groups -OCH3 is 1. The number of hydrogen-bond acceptors (Lipinski definition) is 3. The number of hydrogen-bond donors (Lipinski definition) is 2. The van der Waals surface area contributed by atoms with Crippen LogP contribution in [0.5, 0.6) is 0 Å². The third-order valence-corrected chi connectivity index (χ3v) is 4.37. The minimum Gasteiger partial charge on any atom is -0.388 e. The molecular weight excluding hydrogens is 242 g/mol. The zero-order valence-electron chi connectivity index (χ0n) is 12.8. The molecule has 1 amide bonds. The second-order valence-corrected chi connectivity index (χ2v) is 6.49. The summed E-state index contributed by atoms with van der Waals surface area (Å²) in [6.45, 7) is 6.33.